The number of rotatable bonds is 8. The van der Waals surface area contributed by atoms with Crippen LogP contribution in [0.25, 0.3) is 0 Å². The number of amidine groups is 1. The van der Waals surface area contributed by atoms with Crippen molar-refractivity contribution >= 4 is 34.6 Å². The van der Waals surface area contributed by atoms with Gasteiger partial charge in [-0.15, -0.1) is 0 Å². The van der Waals surface area contributed by atoms with Gasteiger partial charge in [-0.25, -0.2) is 14.6 Å². The number of nitrogens with one attached hydrogen (secondary N) is 2. The van der Waals surface area contributed by atoms with Crippen molar-refractivity contribution in [1.29, 1.82) is 0 Å². The Morgan fingerprint density at radius 2 is 1.89 bits per heavy atom. The molecule has 0 bridgehead atoms. The van der Waals surface area contributed by atoms with E-state index in [1.165, 1.54) is 0 Å². The van der Waals surface area contributed by atoms with Crippen LogP contribution in [0.4, 0.5) is 10.5 Å². The van der Waals surface area contributed by atoms with E-state index in [4.69, 9.17) is 14.5 Å². The first-order chi connectivity index (χ1) is 17.1. The summed E-state index contributed by atoms with van der Waals surface area (Å²) in [6.07, 6.45) is 1.01. The van der Waals surface area contributed by atoms with Gasteiger partial charge >= 0.3 is 12.0 Å². The smallest absolute Gasteiger partial charge is 0.338 e. The molecule has 2 aromatic carbocycles. The number of ether oxygens (including phenoxy) is 2. The molecular formula is C26H30N4O4S. The van der Waals surface area contributed by atoms with Crippen molar-refractivity contribution < 1.29 is 19.1 Å². The van der Waals surface area contributed by atoms with Crippen LogP contribution in [0, 0.1) is 0 Å². The van der Waals surface area contributed by atoms with Crippen LogP contribution in [0.5, 0.6) is 0 Å². The molecule has 8 nitrogen and oxygen atoms in total. The Bertz CT molecular complexity index is 1100. The van der Waals surface area contributed by atoms with Crippen LogP contribution in [0.15, 0.2) is 70.9 Å². The van der Waals surface area contributed by atoms with Crippen molar-refractivity contribution in [2.75, 3.05) is 37.9 Å². The number of hydrogen-bond donors (Lipinski definition) is 2. The summed E-state index contributed by atoms with van der Waals surface area (Å²) in [5.74, 6) is 0.620. The number of anilines is 1. The third-order valence-electron chi connectivity index (χ3n) is 5.78. The fourth-order valence-electron chi connectivity index (χ4n) is 4.07. The summed E-state index contributed by atoms with van der Waals surface area (Å²) in [5.41, 5.74) is 3.84. The minimum atomic E-state index is -0.384. The average molecular weight is 495 g/mol. The lowest BCUT2D eigenvalue weighted by Gasteiger charge is -2.40. The second kappa shape index (κ2) is 11.9. The molecule has 2 heterocycles. The first-order valence-corrected chi connectivity index (χ1v) is 12.6. The lowest BCUT2D eigenvalue weighted by molar-refractivity contribution is -0.141. The number of nitrogens with zero attached hydrogens (tertiary/aromatic N) is 2. The third kappa shape index (κ3) is 6.23. The van der Waals surface area contributed by atoms with Gasteiger partial charge in [-0.1, -0.05) is 54.2 Å². The number of benzene rings is 2. The molecule has 0 radical (unpaired) electrons. The fraction of sp³-hybridized carbons (Fsp3) is 0.346. The summed E-state index contributed by atoms with van der Waals surface area (Å²) in [6, 6.07) is 16.7. The van der Waals surface area contributed by atoms with Crippen LogP contribution < -0.4 is 10.6 Å². The van der Waals surface area contributed by atoms with E-state index >= 15 is 0 Å². The number of carbonyl (C=O) groups is 2. The fourth-order valence-corrected chi connectivity index (χ4v) is 5.09. The quantitative estimate of drug-likeness (QED) is 0.419. The molecule has 1 saturated heterocycles. The third-order valence-corrected chi connectivity index (χ3v) is 6.86. The van der Waals surface area contributed by atoms with E-state index in [2.05, 4.69) is 15.5 Å². The van der Waals surface area contributed by atoms with Crippen LogP contribution in [0.2, 0.25) is 0 Å². The largest absolute Gasteiger partial charge is 0.460 e. The first kappa shape index (κ1) is 24.8. The van der Waals surface area contributed by atoms with Gasteiger partial charge in [0.05, 0.1) is 23.9 Å². The number of fused-ring (bicyclic) bond motifs is 1. The van der Waals surface area contributed by atoms with Crippen molar-refractivity contribution in [3.8, 4) is 0 Å². The van der Waals surface area contributed by atoms with Crippen LogP contribution in [-0.4, -0.2) is 54.7 Å². The highest BCUT2D eigenvalue weighted by Gasteiger charge is 2.37. The van der Waals surface area contributed by atoms with Crippen molar-refractivity contribution in [2.45, 2.75) is 25.9 Å². The summed E-state index contributed by atoms with van der Waals surface area (Å²) in [4.78, 5) is 32.3. The molecule has 0 spiro atoms. The van der Waals surface area contributed by atoms with Crippen LogP contribution >= 0.6 is 11.8 Å². The monoisotopic (exact) mass is 494 g/mol. The Morgan fingerprint density at radius 3 is 2.63 bits per heavy atom. The van der Waals surface area contributed by atoms with Crippen LogP contribution in [0.3, 0.4) is 0 Å². The van der Waals surface area contributed by atoms with E-state index in [0.717, 1.165) is 35.0 Å². The number of methoxy groups -OCH3 is 1. The molecule has 1 atom stereocenters. The summed E-state index contributed by atoms with van der Waals surface area (Å²) in [7, 11) is 1.57. The molecule has 9 heteroatoms. The van der Waals surface area contributed by atoms with Gasteiger partial charge in [0.15, 0.2) is 5.17 Å². The molecule has 2 N–H and O–H groups in total. The highest BCUT2D eigenvalue weighted by Crippen LogP contribution is 2.40. The number of allylic oxidation sites excluding steroid dienone is 1. The zero-order chi connectivity index (χ0) is 24.6. The van der Waals surface area contributed by atoms with Crippen molar-refractivity contribution in [3.05, 3.63) is 77.0 Å². The SMILES string of the molecule is COCCOC(=O)C1=C(C)N=C2SCCCN2C1c1ccc(NC(=O)NCc2ccccc2)cc1. The average Bonchev–Trinajstić information content (AvgIpc) is 2.88. The molecular weight excluding hydrogens is 464 g/mol. The lowest BCUT2D eigenvalue weighted by Crippen LogP contribution is -2.42. The lowest BCUT2D eigenvalue weighted by atomic mass is 9.94. The Morgan fingerprint density at radius 1 is 1.11 bits per heavy atom. The Hall–Kier alpha value is -3.30. The number of urea groups is 1. The molecule has 0 saturated carbocycles. The van der Waals surface area contributed by atoms with Gasteiger partial charge in [-0.05, 0) is 36.6 Å². The molecule has 2 aliphatic heterocycles. The van der Waals surface area contributed by atoms with Crippen LogP contribution in [0.1, 0.15) is 30.5 Å². The van der Waals surface area contributed by atoms with Crippen molar-refractivity contribution in [2.24, 2.45) is 4.99 Å². The minimum Gasteiger partial charge on any atom is -0.460 e. The number of thioether (sulfide) groups is 1. The van der Waals surface area contributed by atoms with E-state index in [1.807, 2.05) is 61.5 Å². The molecule has 1 unspecified atom stereocenters. The molecule has 35 heavy (non-hydrogen) atoms. The number of aliphatic imine (C=N–C) groups is 1. The Kier molecular flexibility index (Phi) is 8.44. The van der Waals surface area contributed by atoms with Crippen molar-refractivity contribution in [3.63, 3.8) is 0 Å². The van der Waals surface area contributed by atoms with E-state index in [1.54, 1.807) is 18.9 Å². The zero-order valence-corrected chi connectivity index (χ0v) is 20.8. The minimum absolute atomic E-state index is 0.186. The molecule has 4 rings (SSSR count). The zero-order valence-electron chi connectivity index (χ0n) is 20.0. The van der Waals surface area contributed by atoms with E-state index in [0.29, 0.717) is 30.1 Å². The number of amides is 2. The predicted octanol–water partition coefficient (Wildman–Crippen LogP) is 4.32. The van der Waals surface area contributed by atoms with Gasteiger partial charge in [0.1, 0.15) is 6.61 Å². The molecule has 1 fully saturated rings. The number of esters is 1. The van der Waals surface area contributed by atoms with Gasteiger partial charge in [-0.2, -0.15) is 0 Å². The standard InChI is InChI=1S/C26H30N4O4S/c1-18-22(24(31)34-15-14-33-2)23(30-13-6-16-35-26(30)28-18)20-9-11-21(12-10-20)29-25(32)27-17-19-7-4-3-5-8-19/h3-5,7-12,23H,6,13-17H2,1-2H3,(H2,27,29,32). The normalized spacial score (nSPS) is 17.4. The maximum Gasteiger partial charge on any atom is 0.338 e. The molecule has 2 amide bonds. The predicted molar refractivity (Wildman–Crippen MR) is 138 cm³/mol. The van der Waals surface area contributed by atoms with E-state index in [9.17, 15) is 9.59 Å². The van der Waals surface area contributed by atoms with Crippen LogP contribution in [-0.2, 0) is 20.8 Å². The van der Waals surface area contributed by atoms with Crippen molar-refractivity contribution in [1.82, 2.24) is 10.2 Å². The maximum absolute atomic E-state index is 13.0. The van der Waals surface area contributed by atoms with Gasteiger partial charge in [0, 0.05) is 31.6 Å². The summed E-state index contributed by atoms with van der Waals surface area (Å²) < 4.78 is 10.5. The highest BCUT2D eigenvalue weighted by molar-refractivity contribution is 8.13. The molecule has 2 aromatic rings. The Balaban J connectivity index is 1.49. The van der Waals surface area contributed by atoms with E-state index < -0.39 is 0 Å². The second-order valence-corrected chi connectivity index (χ2v) is 9.30. The number of hydrogen-bond acceptors (Lipinski definition) is 7. The first-order valence-electron chi connectivity index (χ1n) is 11.6. The topological polar surface area (TPSA) is 92.3 Å². The number of carbonyl (C=O) groups excluding carboxylic acids is 2. The molecule has 184 valence electrons. The maximum atomic E-state index is 13.0. The van der Waals surface area contributed by atoms with Gasteiger partial charge in [0.25, 0.3) is 0 Å². The van der Waals surface area contributed by atoms with Gasteiger partial charge in [-0.3, -0.25) is 0 Å². The second-order valence-electron chi connectivity index (χ2n) is 8.24. The Labute approximate surface area is 209 Å². The summed E-state index contributed by atoms with van der Waals surface area (Å²) in [6.45, 7) is 3.63. The molecule has 0 aromatic heterocycles. The molecule has 0 aliphatic carbocycles. The van der Waals surface area contributed by atoms with Gasteiger partial charge < -0.3 is 25.0 Å². The summed E-state index contributed by atoms with van der Waals surface area (Å²) >= 11 is 1.70. The summed E-state index contributed by atoms with van der Waals surface area (Å²) in [5, 5.41) is 6.65. The highest BCUT2D eigenvalue weighted by atomic mass is 32.2. The van der Waals surface area contributed by atoms with E-state index in [-0.39, 0.29) is 24.6 Å². The van der Waals surface area contributed by atoms with Gasteiger partial charge in [0.2, 0.25) is 0 Å². The molecule has 2 aliphatic rings.